The van der Waals surface area contributed by atoms with Gasteiger partial charge in [-0.1, -0.05) is 0 Å². The number of hydrogen-bond donors (Lipinski definition) is 2. The Balaban J connectivity index is 3.42. The molecule has 0 aliphatic heterocycles. The van der Waals surface area contributed by atoms with E-state index in [1.54, 1.807) is 0 Å². The van der Waals surface area contributed by atoms with Crippen LogP contribution in [-0.2, 0) is 0 Å². The molecule has 0 heterocycles. The molecule has 0 aromatic heterocycles. The lowest BCUT2D eigenvalue weighted by Gasteiger charge is -2.10. The smallest absolute Gasteiger partial charge is 0.343 e. The molecular weight excluding hydrogens is 188 g/mol. The summed E-state index contributed by atoms with van der Waals surface area (Å²) >= 11 is 0. The number of carboxylic acid groups (broad SMARTS) is 1. The van der Waals surface area contributed by atoms with Gasteiger partial charge < -0.3 is 19.7 Å². The van der Waals surface area contributed by atoms with Crippen molar-refractivity contribution in [3.63, 3.8) is 0 Å². The third-order valence-corrected chi connectivity index (χ3v) is 1.74. The Hall–Kier alpha value is -1.91. The summed E-state index contributed by atoms with van der Waals surface area (Å²) in [5, 5.41) is 18.1. The van der Waals surface area contributed by atoms with Crippen LogP contribution in [0.5, 0.6) is 17.2 Å². The van der Waals surface area contributed by atoms with Crippen LogP contribution in [0.3, 0.4) is 0 Å². The number of phenols is 1. The highest BCUT2D eigenvalue weighted by Gasteiger charge is 2.20. The van der Waals surface area contributed by atoms with Crippen molar-refractivity contribution in [1.29, 1.82) is 0 Å². The van der Waals surface area contributed by atoms with E-state index >= 15 is 0 Å². The van der Waals surface area contributed by atoms with E-state index in [-0.39, 0.29) is 22.8 Å². The highest BCUT2D eigenvalue weighted by atomic mass is 16.5. The van der Waals surface area contributed by atoms with Gasteiger partial charge in [0.2, 0.25) is 0 Å². The minimum absolute atomic E-state index is 0.0139. The van der Waals surface area contributed by atoms with Gasteiger partial charge in [-0.2, -0.15) is 0 Å². The maximum atomic E-state index is 10.8. The zero-order valence-corrected chi connectivity index (χ0v) is 7.77. The van der Waals surface area contributed by atoms with Crippen molar-refractivity contribution in [2.75, 3.05) is 14.2 Å². The minimum Gasteiger partial charge on any atom is -0.507 e. The Bertz CT molecular complexity index is 358. The first kappa shape index (κ1) is 10.2. The molecule has 1 aromatic carbocycles. The first-order valence-electron chi connectivity index (χ1n) is 3.79. The summed E-state index contributed by atoms with van der Waals surface area (Å²) in [6.45, 7) is 0. The Morgan fingerprint density at radius 2 is 1.93 bits per heavy atom. The molecule has 0 bridgehead atoms. The Labute approximate surface area is 80.5 Å². The number of carbonyl (C=O) groups is 1. The molecule has 1 rings (SSSR count). The van der Waals surface area contributed by atoms with Gasteiger partial charge in [-0.05, 0) is 12.1 Å². The van der Waals surface area contributed by atoms with E-state index in [9.17, 15) is 9.90 Å². The molecule has 0 fully saturated rings. The lowest BCUT2D eigenvalue weighted by molar-refractivity contribution is 0.0689. The van der Waals surface area contributed by atoms with E-state index in [1.807, 2.05) is 0 Å². The monoisotopic (exact) mass is 198 g/mol. The lowest BCUT2D eigenvalue weighted by atomic mass is 10.1. The number of carboxylic acids is 1. The molecule has 0 radical (unpaired) electrons. The molecule has 5 heteroatoms. The summed E-state index contributed by atoms with van der Waals surface area (Å²) in [5.74, 6) is -1.34. The molecule has 0 saturated carbocycles. The van der Waals surface area contributed by atoms with Gasteiger partial charge in [0, 0.05) is 0 Å². The predicted octanol–water partition coefficient (Wildman–Crippen LogP) is 1.11. The minimum atomic E-state index is -1.27. The lowest BCUT2D eigenvalue weighted by Crippen LogP contribution is -2.02. The summed E-state index contributed by atoms with van der Waals surface area (Å²) < 4.78 is 9.73. The van der Waals surface area contributed by atoms with Crippen molar-refractivity contribution in [2.24, 2.45) is 0 Å². The Kier molecular flexibility index (Phi) is 2.81. The molecule has 0 spiro atoms. The second-order valence-electron chi connectivity index (χ2n) is 2.50. The van der Waals surface area contributed by atoms with Gasteiger partial charge in [0.05, 0.1) is 14.2 Å². The van der Waals surface area contributed by atoms with Crippen LogP contribution in [0.25, 0.3) is 0 Å². The average Bonchev–Trinajstić information content (AvgIpc) is 2.16. The van der Waals surface area contributed by atoms with Gasteiger partial charge >= 0.3 is 5.97 Å². The van der Waals surface area contributed by atoms with E-state index < -0.39 is 5.97 Å². The number of aromatic carboxylic acids is 1. The van der Waals surface area contributed by atoms with Crippen LogP contribution in [0.2, 0.25) is 0 Å². The third-order valence-electron chi connectivity index (χ3n) is 1.74. The molecule has 0 saturated heterocycles. The van der Waals surface area contributed by atoms with Crippen LogP contribution < -0.4 is 9.47 Å². The van der Waals surface area contributed by atoms with Crippen LogP contribution >= 0.6 is 0 Å². The number of methoxy groups -OCH3 is 2. The fourth-order valence-electron chi connectivity index (χ4n) is 1.12. The maximum Gasteiger partial charge on any atom is 0.343 e. The Morgan fingerprint density at radius 3 is 2.36 bits per heavy atom. The van der Waals surface area contributed by atoms with E-state index in [1.165, 1.54) is 26.4 Å². The zero-order chi connectivity index (χ0) is 10.7. The zero-order valence-electron chi connectivity index (χ0n) is 7.77. The highest BCUT2D eigenvalue weighted by molar-refractivity contribution is 5.95. The largest absolute Gasteiger partial charge is 0.507 e. The van der Waals surface area contributed by atoms with E-state index in [0.29, 0.717) is 0 Å². The van der Waals surface area contributed by atoms with Gasteiger partial charge in [-0.15, -0.1) is 0 Å². The standard InChI is InChI=1S/C9H10O5/c1-13-6-4-3-5(10)7(9(11)12)8(6)14-2/h3-4,10H,1-2H3,(H,11,12). The highest BCUT2D eigenvalue weighted by Crippen LogP contribution is 2.36. The number of aromatic hydroxyl groups is 1. The van der Waals surface area contributed by atoms with Crippen molar-refractivity contribution in [3.05, 3.63) is 17.7 Å². The number of rotatable bonds is 3. The second kappa shape index (κ2) is 3.87. The van der Waals surface area contributed by atoms with Gasteiger partial charge in [-0.3, -0.25) is 0 Å². The fourth-order valence-corrected chi connectivity index (χ4v) is 1.12. The van der Waals surface area contributed by atoms with Crippen LogP contribution in [0, 0.1) is 0 Å². The van der Waals surface area contributed by atoms with E-state index in [4.69, 9.17) is 14.6 Å². The second-order valence-corrected chi connectivity index (χ2v) is 2.50. The molecule has 1 aromatic rings. The number of benzene rings is 1. The van der Waals surface area contributed by atoms with Gasteiger partial charge in [-0.25, -0.2) is 4.79 Å². The third kappa shape index (κ3) is 1.56. The molecule has 76 valence electrons. The number of ether oxygens (including phenoxy) is 2. The quantitative estimate of drug-likeness (QED) is 0.760. The SMILES string of the molecule is COc1ccc(O)c(C(=O)O)c1OC. The van der Waals surface area contributed by atoms with Crippen LogP contribution in [0.4, 0.5) is 0 Å². The van der Waals surface area contributed by atoms with Crippen LogP contribution in [0.15, 0.2) is 12.1 Å². The molecular formula is C9H10O5. The average molecular weight is 198 g/mol. The van der Waals surface area contributed by atoms with Crippen molar-refractivity contribution in [3.8, 4) is 17.2 Å². The number of hydrogen-bond acceptors (Lipinski definition) is 4. The summed E-state index contributed by atoms with van der Waals surface area (Å²) in [4.78, 5) is 10.8. The van der Waals surface area contributed by atoms with Gasteiger partial charge in [0.25, 0.3) is 0 Å². The van der Waals surface area contributed by atoms with Crippen molar-refractivity contribution in [1.82, 2.24) is 0 Å². The maximum absolute atomic E-state index is 10.8. The van der Waals surface area contributed by atoms with Crippen LogP contribution in [0.1, 0.15) is 10.4 Å². The summed E-state index contributed by atoms with van der Waals surface area (Å²) in [6.07, 6.45) is 0. The molecule has 0 atom stereocenters. The van der Waals surface area contributed by atoms with E-state index in [2.05, 4.69) is 0 Å². The van der Waals surface area contributed by atoms with E-state index in [0.717, 1.165) is 0 Å². The molecule has 14 heavy (non-hydrogen) atoms. The van der Waals surface area contributed by atoms with Crippen LogP contribution in [-0.4, -0.2) is 30.4 Å². The van der Waals surface area contributed by atoms with Crippen molar-refractivity contribution >= 4 is 5.97 Å². The fraction of sp³-hybridized carbons (Fsp3) is 0.222. The molecule has 0 aliphatic carbocycles. The molecule has 0 amide bonds. The molecule has 5 nitrogen and oxygen atoms in total. The first-order chi connectivity index (χ1) is 6.61. The van der Waals surface area contributed by atoms with Gasteiger partial charge in [0.15, 0.2) is 11.5 Å². The molecule has 0 aliphatic rings. The van der Waals surface area contributed by atoms with Crippen molar-refractivity contribution < 1.29 is 24.5 Å². The summed E-state index contributed by atoms with van der Waals surface area (Å²) in [7, 11) is 2.70. The topological polar surface area (TPSA) is 76.0 Å². The predicted molar refractivity (Wildman–Crippen MR) is 48.2 cm³/mol. The van der Waals surface area contributed by atoms with Gasteiger partial charge in [0.1, 0.15) is 11.3 Å². The summed E-state index contributed by atoms with van der Waals surface area (Å²) in [6, 6.07) is 2.67. The summed E-state index contributed by atoms with van der Waals surface area (Å²) in [5.41, 5.74) is -0.299. The molecule has 2 N–H and O–H groups in total. The first-order valence-corrected chi connectivity index (χ1v) is 3.79. The normalized spacial score (nSPS) is 9.57. The van der Waals surface area contributed by atoms with Crippen molar-refractivity contribution in [2.45, 2.75) is 0 Å². The Morgan fingerprint density at radius 1 is 1.29 bits per heavy atom. The molecule has 0 unspecified atom stereocenters.